The maximum atomic E-state index is 14.1. The van der Waals surface area contributed by atoms with Gasteiger partial charge in [0.15, 0.2) is 0 Å². The Morgan fingerprint density at radius 2 is 2.03 bits per heavy atom. The quantitative estimate of drug-likeness (QED) is 0.780. The van der Waals surface area contributed by atoms with Gasteiger partial charge < -0.3 is 10.2 Å². The van der Waals surface area contributed by atoms with Gasteiger partial charge in [0.05, 0.1) is 12.1 Å². The van der Waals surface area contributed by atoms with Gasteiger partial charge in [-0.05, 0) is 36.5 Å². The summed E-state index contributed by atoms with van der Waals surface area (Å²) in [5.41, 5.74) is 1.80. The molecule has 0 bridgehead atoms. The molecule has 2 heterocycles. The molecule has 1 N–H and O–H groups in total. The number of nitrogens with zero attached hydrogens (tertiary/aromatic N) is 3. The number of nitrogens with one attached hydrogen (secondary N) is 1. The molecule has 4 rings (SSSR count). The zero-order chi connectivity index (χ0) is 19.5. The van der Waals surface area contributed by atoms with Crippen molar-refractivity contribution in [2.45, 2.75) is 44.1 Å². The normalized spacial score (nSPS) is 21.9. The van der Waals surface area contributed by atoms with E-state index in [1.807, 2.05) is 31.6 Å². The Balaban J connectivity index is 0.00000240. The van der Waals surface area contributed by atoms with Crippen LogP contribution in [0.3, 0.4) is 0 Å². The summed E-state index contributed by atoms with van der Waals surface area (Å²) < 4.78 is 15.9. The molecule has 1 aromatic carbocycles. The van der Waals surface area contributed by atoms with E-state index in [-0.39, 0.29) is 42.0 Å². The number of carbonyl (C=O) groups is 1. The van der Waals surface area contributed by atoms with Crippen molar-refractivity contribution in [3.63, 3.8) is 0 Å². The first-order valence-corrected chi connectivity index (χ1v) is 10.4. The fourth-order valence-electron chi connectivity index (χ4n) is 4.76. The van der Waals surface area contributed by atoms with Crippen LogP contribution in [0.25, 0.3) is 0 Å². The standard InChI is InChI=1S/C22H29FN4O.ClH/c1-26-15-17(12-25-26)19-13-24-14-20(19)22(28)27(18-7-3-4-8-18)11-10-16-6-2-5-9-21(16)23;/h2,5-6,9,12,15,18-20,24H,3-4,7-8,10-11,13-14H2,1H3;1H/t19-,20+;/m1./s1. The van der Waals surface area contributed by atoms with Gasteiger partial charge in [-0.15, -0.1) is 12.4 Å². The van der Waals surface area contributed by atoms with E-state index in [9.17, 15) is 9.18 Å². The van der Waals surface area contributed by atoms with Gasteiger partial charge in [0.2, 0.25) is 5.91 Å². The van der Waals surface area contributed by atoms with Gasteiger partial charge in [0, 0.05) is 44.8 Å². The average molecular weight is 421 g/mol. The molecule has 0 spiro atoms. The molecule has 29 heavy (non-hydrogen) atoms. The number of amides is 1. The van der Waals surface area contributed by atoms with Crippen molar-refractivity contribution >= 4 is 18.3 Å². The van der Waals surface area contributed by atoms with Crippen molar-refractivity contribution in [3.8, 4) is 0 Å². The molecule has 1 aliphatic heterocycles. The van der Waals surface area contributed by atoms with Crippen LogP contribution in [-0.2, 0) is 18.3 Å². The summed E-state index contributed by atoms with van der Waals surface area (Å²) in [5.74, 6) is 0.100. The van der Waals surface area contributed by atoms with E-state index < -0.39 is 0 Å². The van der Waals surface area contributed by atoms with Crippen LogP contribution in [0.1, 0.15) is 42.7 Å². The molecule has 0 radical (unpaired) electrons. The predicted molar refractivity (Wildman–Crippen MR) is 114 cm³/mol. The summed E-state index contributed by atoms with van der Waals surface area (Å²) in [5, 5.41) is 7.68. The number of carbonyl (C=O) groups excluding carboxylic acids is 1. The highest BCUT2D eigenvalue weighted by Gasteiger charge is 2.39. The Bertz CT molecular complexity index is 821. The Hall–Kier alpha value is -1.92. The summed E-state index contributed by atoms with van der Waals surface area (Å²) in [6.45, 7) is 2.08. The van der Waals surface area contributed by atoms with Gasteiger partial charge in [-0.1, -0.05) is 31.0 Å². The van der Waals surface area contributed by atoms with Gasteiger partial charge in [0.25, 0.3) is 0 Å². The van der Waals surface area contributed by atoms with E-state index in [2.05, 4.69) is 15.3 Å². The maximum Gasteiger partial charge on any atom is 0.227 e. The minimum atomic E-state index is -0.183. The summed E-state index contributed by atoms with van der Waals surface area (Å²) in [6.07, 6.45) is 8.90. The third kappa shape index (κ3) is 4.81. The van der Waals surface area contributed by atoms with Crippen molar-refractivity contribution in [2.75, 3.05) is 19.6 Å². The second-order valence-corrected chi connectivity index (χ2v) is 8.13. The van der Waals surface area contributed by atoms with Gasteiger partial charge in [0.1, 0.15) is 5.82 Å². The Morgan fingerprint density at radius 1 is 1.28 bits per heavy atom. The van der Waals surface area contributed by atoms with Gasteiger partial charge >= 0.3 is 0 Å². The fraction of sp³-hybridized carbons (Fsp3) is 0.545. The molecule has 0 unspecified atom stereocenters. The first-order chi connectivity index (χ1) is 13.6. The highest BCUT2D eigenvalue weighted by atomic mass is 35.5. The third-order valence-electron chi connectivity index (χ3n) is 6.31. The molecule has 2 aliphatic rings. The largest absolute Gasteiger partial charge is 0.339 e. The molecule has 1 saturated heterocycles. The van der Waals surface area contributed by atoms with Crippen molar-refractivity contribution in [2.24, 2.45) is 13.0 Å². The van der Waals surface area contributed by atoms with Crippen LogP contribution in [0.5, 0.6) is 0 Å². The van der Waals surface area contributed by atoms with Crippen LogP contribution >= 0.6 is 12.4 Å². The predicted octanol–water partition coefficient (Wildman–Crippen LogP) is 3.30. The first-order valence-electron chi connectivity index (χ1n) is 10.4. The molecular weight excluding hydrogens is 391 g/mol. The zero-order valence-corrected chi connectivity index (χ0v) is 17.7. The van der Waals surface area contributed by atoms with Gasteiger partial charge in [-0.3, -0.25) is 9.48 Å². The lowest BCUT2D eigenvalue weighted by molar-refractivity contribution is -0.137. The summed E-state index contributed by atoms with van der Waals surface area (Å²) in [4.78, 5) is 15.7. The van der Waals surface area contributed by atoms with E-state index in [4.69, 9.17) is 0 Å². The first kappa shape index (κ1) is 21.8. The number of hydrogen-bond donors (Lipinski definition) is 1. The monoisotopic (exact) mass is 420 g/mol. The van der Waals surface area contributed by atoms with E-state index in [0.717, 1.165) is 24.9 Å². The van der Waals surface area contributed by atoms with Crippen LogP contribution in [0.4, 0.5) is 4.39 Å². The van der Waals surface area contributed by atoms with Crippen molar-refractivity contribution in [3.05, 3.63) is 53.6 Å². The summed E-state index contributed by atoms with van der Waals surface area (Å²) in [7, 11) is 1.90. The average Bonchev–Trinajstić information content (AvgIpc) is 3.44. The van der Waals surface area contributed by atoms with Crippen molar-refractivity contribution in [1.29, 1.82) is 0 Å². The van der Waals surface area contributed by atoms with E-state index in [1.165, 1.54) is 18.9 Å². The molecule has 2 atom stereocenters. The highest BCUT2D eigenvalue weighted by Crippen LogP contribution is 2.32. The second kappa shape index (κ2) is 9.72. The molecule has 1 saturated carbocycles. The van der Waals surface area contributed by atoms with Crippen LogP contribution in [0.15, 0.2) is 36.7 Å². The topological polar surface area (TPSA) is 50.2 Å². The lowest BCUT2D eigenvalue weighted by Crippen LogP contribution is -2.45. The minimum Gasteiger partial charge on any atom is -0.339 e. The number of hydrogen-bond acceptors (Lipinski definition) is 3. The minimum absolute atomic E-state index is 0. The zero-order valence-electron chi connectivity index (χ0n) is 16.9. The number of aryl methyl sites for hydroxylation is 1. The SMILES string of the molecule is Cl.Cn1cc([C@H]2CNC[C@@H]2C(=O)N(CCc2ccccc2F)C2CCCC2)cn1. The number of rotatable bonds is 6. The molecule has 1 amide bonds. The van der Waals surface area contributed by atoms with Crippen LogP contribution < -0.4 is 5.32 Å². The summed E-state index contributed by atoms with van der Waals surface area (Å²) in [6, 6.07) is 7.17. The van der Waals surface area contributed by atoms with E-state index in [1.54, 1.807) is 10.7 Å². The number of halogens is 2. The molecule has 158 valence electrons. The molecule has 5 nitrogen and oxygen atoms in total. The molecule has 7 heteroatoms. The van der Waals surface area contributed by atoms with Crippen molar-refractivity contribution < 1.29 is 9.18 Å². The van der Waals surface area contributed by atoms with Crippen LogP contribution in [0, 0.1) is 11.7 Å². The Morgan fingerprint density at radius 3 is 2.72 bits per heavy atom. The Labute approximate surface area is 178 Å². The van der Waals surface area contributed by atoms with E-state index >= 15 is 0 Å². The van der Waals surface area contributed by atoms with Crippen LogP contribution in [0.2, 0.25) is 0 Å². The van der Waals surface area contributed by atoms with Gasteiger partial charge in [-0.2, -0.15) is 5.10 Å². The molecule has 1 aromatic heterocycles. The molecule has 1 aliphatic carbocycles. The van der Waals surface area contributed by atoms with Crippen molar-refractivity contribution in [1.82, 2.24) is 20.0 Å². The highest BCUT2D eigenvalue weighted by molar-refractivity contribution is 5.85. The Kier molecular flexibility index (Phi) is 7.30. The van der Waals surface area contributed by atoms with E-state index in [0.29, 0.717) is 25.1 Å². The molecular formula is C22H30ClFN4O. The lowest BCUT2D eigenvalue weighted by Gasteiger charge is -2.33. The molecule has 2 aromatic rings. The van der Waals surface area contributed by atoms with Gasteiger partial charge in [-0.25, -0.2) is 4.39 Å². The second-order valence-electron chi connectivity index (χ2n) is 8.13. The lowest BCUT2D eigenvalue weighted by atomic mass is 9.89. The third-order valence-corrected chi connectivity index (χ3v) is 6.31. The smallest absolute Gasteiger partial charge is 0.227 e. The number of aromatic nitrogens is 2. The van der Waals surface area contributed by atoms with Crippen LogP contribution in [-0.4, -0.2) is 46.3 Å². The fourth-order valence-corrected chi connectivity index (χ4v) is 4.76. The number of benzene rings is 1. The summed E-state index contributed by atoms with van der Waals surface area (Å²) >= 11 is 0. The maximum absolute atomic E-state index is 14.1. The molecule has 2 fully saturated rings.